The summed E-state index contributed by atoms with van der Waals surface area (Å²) in [5, 5.41) is 0. The summed E-state index contributed by atoms with van der Waals surface area (Å²) in [5.41, 5.74) is 0.918. The molecule has 1 fully saturated rings. The van der Waals surface area contributed by atoms with Crippen molar-refractivity contribution < 1.29 is 9.53 Å². The van der Waals surface area contributed by atoms with Crippen molar-refractivity contribution >= 4 is 34.4 Å². The van der Waals surface area contributed by atoms with Crippen LogP contribution in [0, 0.1) is 9.49 Å². The van der Waals surface area contributed by atoms with Crippen LogP contribution in [0.3, 0.4) is 0 Å². The Kier molecular flexibility index (Phi) is 3.37. The Hall–Kier alpha value is -0.780. The van der Waals surface area contributed by atoms with Crippen LogP contribution < -0.4 is 4.90 Å². The Morgan fingerprint density at radius 2 is 2.00 bits per heavy atom. The maximum absolute atomic E-state index is 11.7. The van der Waals surface area contributed by atoms with Crippen molar-refractivity contribution in [3.8, 4) is 0 Å². The molecule has 1 heterocycles. The number of amides is 1. The van der Waals surface area contributed by atoms with Gasteiger partial charge in [-0.15, -0.1) is 0 Å². The van der Waals surface area contributed by atoms with Crippen LogP contribution in [-0.4, -0.2) is 18.7 Å². The molecular formula is C12H14INO2. The number of rotatable bonds is 2. The minimum Gasteiger partial charge on any atom is -0.447 e. The van der Waals surface area contributed by atoms with Gasteiger partial charge in [-0.3, -0.25) is 4.90 Å². The van der Waals surface area contributed by atoms with Gasteiger partial charge in [0.25, 0.3) is 0 Å². The number of hydrogen-bond donors (Lipinski definition) is 0. The average Bonchev–Trinajstić information content (AvgIpc) is 2.62. The topological polar surface area (TPSA) is 29.5 Å². The van der Waals surface area contributed by atoms with Crippen molar-refractivity contribution in [1.82, 2.24) is 0 Å². The lowest BCUT2D eigenvalue weighted by atomic mass is 10.0. The second-order valence-corrected chi connectivity index (χ2v) is 5.48. The van der Waals surface area contributed by atoms with Gasteiger partial charge in [0.05, 0.1) is 6.04 Å². The summed E-state index contributed by atoms with van der Waals surface area (Å²) in [6.07, 6.45) is -0.236. The summed E-state index contributed by atoms with van der Waals surface area (Å²) in [4.78, 5) is 13.4. The fourth-order valence-electron chi connectivity index (χ4n) is 1.83. The van der Waals surface area contributed by atoms with Gasteiger partial charge in [0.2, 0.25) is 0 Å². The van der Waals surface area contributed by atoms with Crippen molar-refractivity contribution in [2.75, 3.05) is 11.5 Å². The fraction of sp³-hybridized carbons (Fsp3) is 0.417. The van der Waals surface area contributed by atoms with Crippen LogP contribution in [0.25, 0.3) is 0 Å². The van der Waals surface area contributed by atoms with E-state index >= 15 is 0 Å². The van der Waals surface area contributed by atoms with Crippen molar-refractivity contribution in [2.45, 2.75) is 19.9 Å². The first kappa shape index (κ1) is 11.7. The van der Waals surface area contributed by atoms with Gasteiger partial charge in [-0.1, -0.05) is 13.8 Å². The third-order valence-corrected chi connectivity index (χ3v) is 3.50. The largest absolute Gasteiger partial charge is 0.447 e. The Labute approximate surface area is 109 Å². The molecule has 2 rings (SSSR count). The Bertz CT molecular complexity index is 389. The van der Waals surface area contributed by atoms with Crippen LogP contribution in [0.15, 0.2) is 24.3 Å². The van der Waals surface area contributed by atoms with Gasteiger partial charge in [0, 0.05) is 9.26 Å². The zero-order valence-corrected chi connectivity index (χ0v) is 11.5. The molecule has 0 saturated carbocycles. The van der Waals surface area contributed by atoms with Crippen molar-refractivity contribution in [2.24, 2.45) is 5.92 Å². The number of halogens is 1. The van der Waals surface area contributed by atoms with Crippen LogP contribution in [0.5, 0.6) is 0 Å². The molecule has 1 aliphatic rings. The van der Waals surface area contributed by atoms with Crippen LogP contribution in [0.1, 0.15) is 13.8 Å². The molecule has 1 aromatic rings. The number of carbonyl (C=O) groups is 1. The molecule has 1 aliphatic heterocycles. The third kappa shape index (κ3) is 2.16. The van der Waals surface area contributed by atoms with E-state index in [0.29, 0.717) is 12.5 Å². The number of ether oxygens (including phenoxy) is 1. The number of benzene rings is 1. The minimum atomic E-state index is -0.236. The van der Waals surface area contributed by atoms with Crippen LogP contribution >= 0.6 is 22.6 Å². The SMILES string of the molecule is CC(C)C1COC(=O)N1c1ccc(I)cc1. The van der Waals surface area contributed by atoms with Crippen molar-refractivity contribution in [3.05, 3.63) is 27.8 Å². The summed E-state index contributed by atoms with van der Waals surface area (Å²) in [6.45, 7) is 4.70. The predicted octanol–water partition coefficient (Wildman–Crippen LogP) is 3.27. The zero-order valence-electron chi connectivity index (χ0n) is 9.31. The molecule has 0 radical (unpaired) electrons. The molecule has 16 heavy (non-hydrogen) atoms. The number of carbonyl (C=O) groups excluding carboxylic acids is 1. The first-order chi connectivity index (χ1) is 7.59. The van der Waals surface area contributed by atoms with E-state index < -0.39 is 0 Å². The summed E-state index contributed by atoms with van der Waals surface area (Å²) in [7, 11) is 0. The summed E-state index contributed by atoms with van der Waals surface area (Å²) < 4.78 is 6.27. The van der Waals surface area contributed by atoms with E-state index in [1.165, 1.54) is 0 Å². The zero-order chi connectivity index (χ0) is 11.7. The first-order valence-electron chi connectivity index (χ1n) is 5.31. The number of anilines is 1. The van der Waals surface area contributed by atoms with Crippen molar-refractivity contribution in [3.63, 3.8) is 0 Å². The van der Waals surface area contributed by atoms with Gasteiger partial charge >= 0.3 is 6.09 Å². The van der Waals surface area contributed by atoms with Gasteiger partial charge in [-0.2, -0.15) is 0 Å². The highest BCUT2D eigenvalue weighted by atomic mass is 127. The molecule has 1 amide bonds. The highest BCUT2D eigenvalue weighted by Crippen LogP contribution is 2.27. The molecule has 0 bridgehead atoms. The summed E-state index contributed by atoms with van der Waals surface area (Å²) in [6, 6.07) is 8.07. The maximum atomic E-state index is 11.7. The lowest BCUT2D eigenvalue weighted by Crippen LogP contribution is -2.37. The second-order valence-electron chi connectivity index (χ2n) is 4.23. The van der Waals surface area contributed by atoms with E-state index in [1.54, 1.807) is 4.90 Å². The molecular weight excluding hydrogens is 317 g/mol. The van der Waals surface area contributed by atoms with Crippen LogP contribution in [-0.2, 0) is 4.74 Å². The molecule has 3 nitrogen and oxygen atoms in total. The first-order valence-corrected chi connectivity index (χ1v) is 6.39. The summed E-state index contributed by atoms with van der Waals surface area (Å²) >= 11 is 2.25. The quantitative estimate of drug-likeness (QED) is 0.779. The lowest BCUT2D eigenvalue weighted by molar-refractivity contribution is 0.177. The number of hydrogen-bond acceptors (Lipinski definition) is 2. The Morgan fingerprint density at radius 3 is 2.56 bits per heavy atom. The molecule has 1 atom stereocenters. The van der Waals surface area contributed by atoms with Crippen LogP contribution in [0.2, 0.25) is 0 Å². The maximum Gasteiger partial charge on any atom is 0.414 e. The predicted molar refractivity (Wildman–Crippen MR) is 71.6 cm³/mol. The molecule has 0 spiro atoms. The molecule has 86 valence electrons. The van der Waals surface area contributed by atoms with Gasteiger partial charge < -0.3 is 4.74 Å². The van der Waals surface area contributed by atoms with Gasteiger partial charge in [0.15, 0.2) is 0 Å². The van der Waals surface area contributed by atoms with E-state index in [9.17, 15) is 4.79 Å². The smallest absolute Gasteiger partial charge is 0.414 e. The van der Waals surface area contributed by atoms with E-state index in [-0.39, 0.29) is 12.1 Å². The number of nitrogens with zero attached hydrogens (tertiary/aromatic N) is 1. The monoisotopic (exact) mass is 331 g/mol. The highest BCUT2D eigenvalue weighted by Gasteiger charge is 2.35. The normalized spacial score (nSPS) is 20.4. The second kappa shape index (κ2) is 4.61. The van der Waals surface area contributed by atoms with E-state index in [1.807, 2.05) is 24.3 Å². The highest BCUT2D eigenvalue weighted by molar-refractivity contribution is 14.1. The van der Waals surface area contributed by atoms with Gasteiger partial charge in [-0.05, 0) is 52.8 Å². The van der Waals surface area contributed by atoms with Crippen LogP contribution in [0.4, 0.5) is 10.5 Å². The van der Waals surface area contributed by atoms with Crippen molar-refractivity contribution in [1.29, 1.82) is 0 Å². The minimum absolute atomic E-state index is 0.146. The van der Waals surface area contributed by atoms with E-state index in [2.05, 4.69) is 36.4 Å². The van der Waals surface area contributed by atoms with E-state index in [4.69, 9.17) is 4.74 Å². The molecule has 1 saturated heterocycles. The molecule has 4 heteroatoms. The Balaban J connectivity index is 2.30. The Morgan fingerprint density at radius 1 is 1.38 bits per heavy atom. The lowest BCUT2D eigenvalue weighted by Gasteiger charge is -2.24. The molecule has 1 unspecified atom stereocenters. The third-order valence-electron chi connectivity index (χ3n) is 2.78. The standard InChI is InChI=1S/C12H14INO2/c1-8(2)11-7-16-12(15)14(11)10-5-3-9(13)4-6-10/h3-6,8,11H,7H2,1-2H3. The average molecular weight is 331 g/mol. The fourth-order valence-corrected chi connectivity index (χ4v) is 2.18. The molecule has 0 N–H and O–H groups in total. The number of cyclic esters (lactones) is 1. The molecule has 0 aromatic heterocycles. The summed E-state index contributed by atoms with van der Waals surface area (Å²) in [5.74, 6) is 0.394. The molecule has 1 aromatic carbocycles. The van der Waals surface area contributed by atoms with Gasteiger partial charge in [-0.25, -0.2) is 4.79 Å². The van der Waals surface area contributed by atoms with E-state index in [0.717, 1.165) is 9.26 Å². The molecule has 0 aliphatic carbocycles. The van der Waals surface area contributed by atoms with Gasteiger partial charge in [0.1, 0.15) is 6.61 Å².